The summed E-state index contributed by atoms with van der Waals surface area (Å²) in [5, 5.41) is 2.86. The van der Waals surface area contributed by atoms with E-state index < -0.39 is 0 Å². The molecule has 29 heavy (non-hydrogen) atoms. The molecule has 1 amide bonds. The van der Waals surface area contributed by atoms with Gasteiger partial charge in [0.25, 0.3) is 0 Å². The van der Waals surface area contributed by atoms with Gasteiger partial charge in [-0.2, -0.15) is 0 Å². The fourth-order valence-electron chi connectivity index (χ4n) is 3.46. The Balaban J connectivity index is 1.52. The Labute approximate surface area is 173 Å². The van der Waals surface area contributed by atoms with Gasteiger partial charge in [0.05, 0.1) is 17.6 Å². The van der Waals surface area contributed by atoms with Crippen LogP contribution in [-0.4, -0.2) is 28.6 Å². The van der Waals surface area contributed by atoms with E-state index in [1.807, 2.05) is 6.07 Å². The van der Waals surface area contributed by atoms with Gasteiger partial charge in [-0.05, 0) is 55.5 Å². The predicted octanol–water partition coefficient (Wildman–Crippen LogP) is 4.53. The second-order valence-electron chi connectivity index (χ2n) is 7.31. The summed E-state index contributed by atoms with van der Waals surface area (Å²) in [5.41, 5.74) is 3.54. The minimum atomic E-state index is 0.0165. The van der Waals surface area contributed by atoms with Gasteiger partial charge in [-0.15, -0.1) is 0 Å². The smallest absolute Gasteiger partial charge is 0.216 e. The number of unbranched alkanes of at least 4 members (excludes halogenated alkanes) is 1. The molecule has 0 saturated carbocycles. The molecule has 0 atom stereocenters. The number of para-hydroxylation sites is 2. The summed E-state index contributed by atoms with van der Waals surface area (Å²) in [6, 6.07) is 16.6. The van der Waals surface area contributed by atoms with Gasteiger partial charge < -0.3 is 14.6 Å². The van der Waals surface area contributed by atoms with Crippen LogP contribution in [0.1, 0.15) is 44.5 Å². The average molecular weight is 394 g/mol. The van der Waals surface area contributed by atoms with Crippen molar-refractivity contribution in [1.29, 1.82) is 0 Å². The highest BCUT2D eigenvalue weighted by Gasteiger charge is 2.10. The molecular weight excluding hydrogens is 362 g/mol. The van der Waals surface area contributed by atoms with Crippen LogP contribution in [0.25, 0.3) is 11.0 Å². The number of aromatic nitrogens is 2. The van der Waals surface area contributed by atoms with Crippen molar-refractivity contribution < 1.29 is 9.53 Å². The molecule has 1 N–H and O–H groups in total. The van der Waals surface area contributed by atoms with Crippen molar-refractivity contribution in [2.24, 2.45) is 0 Å². The van der Waals surface area contributed by atoms with E-state index in [0.717, 1.165) is 62.3 Å². The second kappa shape index (κ2) is 10.6. The van der Waals surface area contributed by atoms with Gasteiger partial charge in [0.15, 0.2) is 0 Å². The van der Waals surface area contributed by atoms with Crippen LogP contribution < -0.4 is 10.1 Å². The summed E-state index contributed by atoms with van der Waals surface area (Å²) in [7, 11) is 0. The summed E-state index contributed by atoms with van der Waals surface area (Å²) < 4.78 is 8.20. The summed E-state index contributed by atoms with van der Waals surface area (Å²) in [4.78, 5) is 15.9. The molecule has 1 aromatic heterocycles. The van der Waals surface area contributed by atoms with Gasteiger partial charge in [0, 0.05) is 26.4 Å². The van der Waals surface area contributed by atoms with Gasteiger partial charge in [-0.1, -0.05) is 31.2 Å². The molecule has 3 rings (SSSR count). The number of rotatable bonds is 11. The second-order valence-corrected chi connectivity index (χ2v) is 7.31. The monoisotopic (exact) mass is 393 g/mol. The molecule has 0 aliphatic rings. The number of nitrogens with one attached hydrogen (secondary N) is 1. The summed E-state index contributed by atoms with van der Waals surface area (Å²) in [6.07, 6.45) is 4.82. The predicted molar refractivity (Wildman–Crippen MR) is 117 cm³/mol. The summed E-state index contributed by atoms with van der Waals surface area (Å²) in [5.74, 6) is 2.05. The number of fused-ring (bicyclic) bond motifs is 1. The first-order valence-electron chi connectivity index (χ1n) is 10.6. The Morgan fingerprint density at radius 1 is 1.07 bits per heavy atom. The molecule has 0 aliphatic carbocycles. The number of nitrogens with zero attached hydrogens (tertiary/aromatic N) is 2. The van der Waals surface area contributed by atoms with Crippen molar-refractivity contribution in [2.75, 3.05) is 13.2 Å². The van der Waals surface area contributed by atoms with Crippen molar-refractivity contribution in [3.05, 3.63) is 59.9 Å². The molecule has 0 aliphatic heterocycles. The molecular formula is C24H31N3O2. The Morgan fingerprint density at radius 3 is 2.62 bits per heavy atom. The number of carbonyl (C=O) groups excluding carboxylic acids is 1. The van der Waals surface area contributed by atoms with Crippen molar-refractivity contribution in [3.8, 4) is 5.75 Å². The first-order valence-corrected chi connectivity index (χ1v) is 10.6. The van der Waals surface area contributed by atoms with Gasteiger partial charge in [-0.25, -0.2) is 4.98 Å². The molecule has 0 saturated heterocycles. The fourth-order valence-corrected chi connectivity index (χ4v) is 3.46. The quantitative estimate of drug-likeness (QED) is 0.487. The van der Waals surface area contributed by atoms with E-state index in [9.17, 15) is 4.79 Å². The van der Waals surface area contributed by atoms with Crippen LogP contribution in [0, 0.1) is 0 Å². The fraction of sp³-hybridized carbons (Fsp3) is 0.417. The number of hydrogen-bond donors (Lipinski definition) is 1. The van der Waals surface area contributed by atoms with Crippen molar-refractivity contribution in [3.63, 3.8) is 0 Å². The zero-order valence-corrected chi connectivity index (χ0v) is 17.5. The molecule has 0 spiro atoms. The highest BCUT2D eigenvalue weighted by atomic mass is 16.5. The van der Waals surface area contributed by atoms with Crippen molar-refractivity contribution in [1.82, 2.24) is 14.9 Å². The number of carbonyl (C=O) groups is 1. The van der Waals surface area contributed by atoms with Crippen LogP contribution in [-0.2, 0) is 24.2 Å². The van der Waals surface area contributed by atoms with E-state index in [1.54, 1.807) is 6.92 Å². The molecule has 5 nitrogen and oxygen atoms in total. The number of hydrogen-bond acceptors (Lipinski definition) is 3. The molecule has 1 heterocycles. The molecule has 2 aromatic carbocycles. The van der Waals surface area contributed by atoms with Crippen molar-refractivity contribution in [2.45, 2.75) is 52.5 Å². The minimum absolute atomic E-state index is 0.0165. The number of amides is 1. The van der Waals surface area contributed by atoms with E-state index in [2.05, 4.69) is 59.3 Å². The number of imidazole rings is 1. The van der Waals surface area contributed by atoms with E-state index in [-0.39, 0.29) is 5.91 Å². The Morgan fingerprint density at radius 2 is 1.86 bits per heavy atom. The van der Waals surface area contributed by atoms with Crippen molar-refractivity contribution >= 4 is 16.9 Å². The van der Waals surface area contributed by atoms with Gasteiger partial charge in [-0.3, -0.25) is 4.79 Å². The zero-order valence-electron chi connectivity index (χ0n) is 17.5. The average Bonchev–Trinajstić information content (AvgIpc) is 3.09. The maximum Gasteiger partial charge on any atom is 0.216 e. The van der Waals surface area contributed by atoms with E-state index in [0.29, 0.717) is 6.54 Å². The van der Waals surface area contributed by atoms with Crippen LogP contribution in [0.2, 0.25) is 0 Å². The summed E-state index contributed by atoms with van der Waals surface area (Å²) in [6.45, 7) is 6.03. The molecule has 5 heteroatoms. The first kappa shape index (κ1) is 20.9. The largest absolute Gasteiger partial charge is 0.494 e. The topological polar surface area (TPSA) is 56.1 Å². The Bertz CT molecular complexity index is 916. The lowest BCUT2D eigenvalue weighted by Gasteiger charge is -2.10. The standard InChI is InChI=1S/C24H31N3O2/c1-3-20-12-14-21(15-13-20)29-18-7-6-17-27-23-10-5-4-9-22(23)26-24(27)11-8-16-25-19(2)28/h4-5,9-10,12-15H,3,6-8,11,16-18H2,1-2H3,(H,25,28). The summed E-state index contributed by atoms with van der Waals surface area (Å²) >= 11 is 0. The molecule has 0 radical (unpaired) electrons. The minimum Gasteiger partial charge on any atom is -0.494 e. The number of benzene rings is 2. The van der Waals surface area contributed by atoms with Gasteiger partial charge in [0.2, 0.25) is 5.91 Å². The van der Waals surface area contributed by atoms with Gasteiger partial charge in [0.1, 0.15) is 11.6 Å². The lowest BCUT2D eigenvalue weighted by atomic mass is 10.2. The maximum absolute atomic E-state index is 11.1. The zero-order chi connectivity index (χ0) is 20.5. The molecule has 154 valence electrons. The van der Waals surface area contributed by atoms with Crippen LogP contribution in [0.15, 0.2) is 48.5 Å². The lowest BCUT2D eigenvalue weighted by molar-refractivity contribution is -0.118. The number of aryl methyl sites for hydroxylation is 3. The molecule has 0 fully saturated rings. The van der Waals surface area contributed by atoms with Crippen LogP contribution in [0.3, 0.4) is 0 Å². The Kier molecular flexibility index (Phi) is 7.68. The molecule has 3 aromatic rings. The van der Waals surface area contributed by atoms with E-state index >= 15 is 0 Å². The number of ether oxygens (including phenoxy) is 1. The first-order chi connectivity index (χ1) is 14.2. The SMILES string of the molecule is CCc1ccc(OCCCCn2c(CCCNC(C)=O)nc3ccccc32)cc1. The Hall–Kier alpha value is -2.82. The maximum atomic E-state index is 11.1. The van der Waals surface area contributed by atoms with Gasteiger partial charge >= 0.3 is 0 Å². The van der Waals surface area contributed by atoms with E-state index in [1.165, 1.54) is 11.1 Å². The van der Waals surface area contributed by atoms with Crippen LogP contribution >= 0.6 is 0 Å². The lowest BCUT2D eigenvalue weighted by Crippen LogP contribution is -2.21. The molecule has 0 bridgehead atoms. The highest BCUT2D eigenvalue weighted by molar-refractivity contribution is 5.76. The van der Waals surface area contributed by atoms with E-state index in [4.69, 9.17) is 9.72 Å². The normalized spacial score (nSPS) is 11.0. The highest BCUT2D eigenvalue weighted by Crippen LogP contribution is 2.18. The van der Waals surface area contributed by atoms with Crippen LogP contribution in [0.5, 0.6) is 5.75 Å². The third kappa shape index (κ3) is 6.08. The third-order valence-electron chi connectivity index (χ3n) is 5.06. The molecule has 0 unspecified atom stereocenters. The van der Waals surface area contributed by atoms with Crippen LogP contribution in [0.4, 0.5) is 0 Å². The third-order valence-corrected chi connectivity index (χ3v) is 5.06.